The summed E-state index contributed by atoms with van der Waals surface area (Å²) < 4.78 is 1.05. The first-order valence-electron chi connectivity index (χ1n) is 4.37. The maximum Gasteiger partial charge on any atom is 0.0479 e. The zero-order chi connectivity index (χ0) is 10.6. The molecule has 0 bridgehead atoms. The van der Waals surface area contributed by atoms with E-state index in [-0.39, 0.29) is 0 Å². The van der Waals surface area contributed by atoms with Gasteiger partial charge in [0.2, 0.25) is 0 Å². The highest BCUT2D eigenvalue weighted by Gasteiger charge is 1.99. The minimum absolute atomic E-state index is 0.792. The predicted molar refractivity (Wildman–Crippen MR) is 71.2 cm³/mol. The van der Waals surface area contributed by atoms with E-state index in [1.165, 1.54) is 5.57 Å². The summed E-state index contributed by atoms with van der Waals surface area (Å²) in [6.45, 7) is 2.14. The molecule has 0 aromatic heterocycles. The number of rotatable bonds is 3. The van der Waals surface area contributed by atoms with Gasteiger partial charge in [-0.05, 0) is 30.2 Å². The Kier molecular flexibility index (Phi) is 5.21. The van der Waals surface area contributed by atoms with Crippen LogP contribution in [0.2, 0.25) is 5.02 Å². The quantitative estimate of drug-likeness (QED) is 0.657. The summed E-state index contributed by atoms with van der Waals surface area (Å²) in [4.78, 5) is 0. The lowest BCUT2D eigenvalue weighted by atomic mass is 10.1. The zero-order valence-electron chi connectivity index (χ0n) is 7.86. The third-order valence-electron chi connectivity index (χ3n) is 1.94. The maximum atomic E-state index is 6.07. The van der Waals surface area contributed by atoms with Gasteiger partial charge in [-0.2, -0.15) is 0 Å². The summed E-state index contributed by atoms with van der Waals surface area (Å²) >= 11 is 13.0. The molecule has 1 aromatic carbocycles. The Bertz CT molecular complexity index is 339. The highest BCUT2D eigenvalue weighted by atomic mass is 79.9. The van der Waals surface area contributed by atoms with E-state index in [1.54, 1.807) is 0 Å². The summed E-state index contributed by atoms with van der Waals surface area (Å²) in [5.74, 6) is 0. The third kappa shape index (κ3) is 3.41. The van der Waals surface area contributed by atoms with Gasteiger partial charge in [-0.15, -0.1) is 0 Å². The molecule has 0 aliphatic rings. The molecule has 0 nitrogen and oxygen atoms in total. The van der Waals surface area contributed by atoms with Gasteiger partial charge in [-0.25, -0.2) is 0 Å². The molecule has 3 heteroatoms. The Labute approximate surface area is 107 Å². The molecule has 0 aliphatic heterocycles. The molecular formula is C11H11Br2Cl. The van der Waals surface area contributed by atoms with E-state index in [2.05, 4.69) is 44.9 Å². The Morgan fingerprint density at radius 3 is 2.79 bits per heavy atom. The predicted octanol–water partition coefficient (Wildman–Crippen LogP) is 5.29. The van der Waals surface area contributed by atoms with Gasteiger partial charge in [-0.3, -0.25) is 0 Å². The van der Waals surface area contributed by atoms with Crippen molar-refractivity contribution in [3.8, 4) is 0 Å². The molecule has 1 aromatic rings. The average Bonchev–Trinajstić information content (AvgIpc) is 2.19. The van der Waals surface area contributed by atoms with Gasteiger partial charge in [-0.1, -0.05) is 62.0 Å². The van der Waals surface area contributed by atoms with Crippen LogP contribution >= 0.6 is 43.5 Å². The van der Waals surface area contributed by atoms with Gasteiger partial charge in [0.05, 0.1) is 0 Å². The highest BCUT2D eigenvalue weighted by Crippen LogP contribution is 2.24. The van der Waals surface area contributed by atoms with Crippen molar-refractivity contribution in [1.29, 1.82) is 0 Å². The van der Waals surface area contributed by atoms with Crippen molar-refractivity contribution < 1.29 is 0 Å². The molecule has 14 heavy (non-hydrogen) atoms. The lowest BCUT2D eigenvalue weighted by Crippen LogP contribution is -1.83. The molecule has 0 unspecified atom stereocenters. The van der Waals surface area contributed by atoms with Crippen molar-refractivity contribution in [2.24, 2.45) is 0 Å². The smallest absolute Gasteiger partial charge is 0.0479 e. The minimum Gasteiger partial charge on any atom is -0.0880 e. The van der Waals surface area contributed by atoms with Crippen molar-refractivity contribution in [1.82, 2.24) is 0 Å². The monoisotopic (exact) mass is 336 g/mol. The fraction of sp³-hybridized carbons (Fsp3) is 0.273. The number of allylic oxidation sites excluding steroid dienone is 1. The Morgan fingerprint density at radius 2 is 2.21 bits per heavy atom. The van der Waals surface area contributed by atoms with E-state index in [1.807, 2.05) is 18.2 Å². The number of hydrogen-bond donors (Lipinski definition) is 0. The van der Waals surface area contributed by atoms with Crippen molar-refractivity contribution in [3.05, 3.63) is 38.8 Å². The van der Waals surface area contributed by atoms with E-state index in [0.29, 0.717) is 0 Å². The summed E-state index contributed by atoms with van der Waals surface area (Å²) in [6.07, 6.45) is 3.16. The molecule has 0 atom stereocenters. The summed E-state index contributed by atoms with van der Waals surface area (Å²) in [5.41, 5.74) is 2.40. The zero-order valence-corrected chi connectivity index (χ0v) is 11.8. The lowest BCUT2D eigenvalue weighted by Gasteiger charge is -2.02. The first-order valence-corrected chi connectivity index (χ1v) is 6.67. The van der Waals surface area contributed by atoms with Gasteiger partial charge in [0.15, 0.2) is 0 Å². The van der Waals surface area contributed by atoms with E-state index >= 15 is 0 Å². The molecule has 0 fully saturated rings. The van der Waals surface area contributed by atoms with Crippen LogP contribution in [0.25, 0.3) is 6.08 Å². The molecule has 0 saturated heterocycles. The Hall–Kier alpha value is 0.210. The molecule has 0 aliphatic carbocycles. The van der Waals surface area contributed by atoms with Crippen LogP contribution in [0.15, 0.2) is 28.2 Å². The van der Waals surface area contributed by atoms with Crippen molar-refractivity contribution in [3.63, 3.8) is 0 Å². The van der Waals surface area contributed by atoms with Crippen LogP contribution in [0.4, 0.5) is 0 Å². The SMILES string of the molecule is CC/C(=C/c1cc(Br)ccc1Cl)CBr. The summed E-state index contributed by atoms with van der Waals surface area (Å²) in [7, 11) is 0. The second kappa shape index (κ2) is 5.94. The van der Waals surface area contributed by atoms with E-state index in [9.17, 15) is 0 Å². The molecule has 1 rings (SSSR count). The average molecular weight is 338 g/mol. The number of benzene rings is 1. The van der Waals surface area contributed by atoms with Crippen LogP contribution < -0.4 is 0 Å². The van der Waals surface area contributed by atoms with E-state index < -0.39 is 0 Å². The first-order chi connectivity index (χ1) is 6.67. The molecule has 0 heterocycles. The van der Waals surface area contributed by atoms with Crippen LogP contribution in [0.1, 0.15) is 18.9 Å². The molecular weight excluding hydrogens is 327 g/mol. The maximum absolute atomic E-state index is 6.07. The second-order valence-corrected chi connectivity index (χ2v) is 4.84. The molecule has 0 saturated carbocycles. The topological polar surface area (TPSA) is 0 Å². The molecule has 0 amide bonds. The Balaban J connectivity index is 3.06. The normalized spacial score (nSPS) is 11.9. The lowest BCUT2D eigenvalue weighted by molar-refractivity contribution is 1.12. The van der Waals surface area contributed by atoms with Crippen molar-refractivity contribution in [2.75, 3.05) is 5.33 Å². The summed E-state index contributed by atoms with van der Waals surface area (Å²) in [5, 5.41) is 1.69. The van der Waals surface area contributed by atoms with Gasteiger partial charge >= 0.3 is 0 Å². The summed E-state index contributed by atoms with van der Waals surface area (Å²) in [6, 6.07) is 5.87. The van der Waals surface area contributed by atoms with Gasteiger partial charge in [0, 0.05) is 14.8 Å². The standard InChI is InChI=1S/C11H11Br2Cl/c1-2-8(7-12)5-9-6-10(13)3-4-11(9)14/h3-6H,2,7H2,1H3/b8-5-. The van der Waals surface area contributed by atoms with Gasteiger partial charge in [0.1, 0.15) is 0 Å². The van der Waals surface area contributed by atoms with Gasteiger partial charge < -0.3 is 0 Å². The number of hydrogen-bond acceptors (Lipinski definition) is 0. The van der Waals surface area contributed by atoms with Crippen molar-refractivity contribution >= 4 is 49.5 Å². The first kappa shape index (κ1) is 12.3. The van der Waals surface area contributed by atoms with Crippen LogP contribution in [0, 0.1) is 0 Å². The van der Waals surface area contributed by atoms with Crippen LogP contribution in [-0.2, 0) is 0 Å². The third-order valence-corrected chi connectivity index (χ3v) is 3.50. The van der Waals surface area contributed by atoms with Crippen molar-refractivity contribution in [2.45, 2.75) is 13.3 Å². The molecule has 0 N–H and O–H groups in total. The molecule has 76 valence electrons. The van der Waals surface area contributed by atoms with Crippen LogP contribution in [0.3, 0.4) is 0 Å². The number of alkyl halides is 1. The van der Waals surface area contributed by atoms with E-state index in [0.717, 1.165) is 26.8 Å². The minimum atomic E-state index is 0.792. The van der Waals surface area contributed by atoms with E-state index in [4.69, 9.17) is 11.6 Å². The van der Waals surface area contributed by atoms with Crippen LogP contribution in [0.5, 0.6) is 0 Å². The fourth-order valence-corrected chi connectivity index (χ4v) is 2.19. The number of halogens is 3. The highest BCUT2D eigenvalue weighted by molar-refractivity contribution is 9.10. The second-order valence-electron chi connectivity index (χ2n) is 2.96. The molecule has 0 radical (unpaired) electrons. The van der Waals surface area contributed by atoms with Crippen LogP contribution in [-0.4, -0.2) is 5.33 Å². The fourth-order valence-electron chi connectivity index (χ4n) is 1.08. The molecule has 0 spiro atoms. The largest absolute Gasteiger partial charge is 0.0880 e. The van der Waals surface area contributed by atoms with Gasteiger partial charge in [0.25, 0.3) is 0 Å². The Morgan fingerprint density at radius 1 is 1.50 bits per heavy atom.